The van der Waals surface area contributed by atoms with Gasteiger partial charge in [0.05, 0.1) is 11.4 Å². The van der Waals surface area contributed by atoms with Crippen LogP contribution in [0.3, 0.4) is 0 Å². The van der Waals surface area contributed by atoms with E-state index in [4.69, 9.17) is 11.6 Å². The fourth-order valence-electron chi connectivity index (χ4n) is 2.65. The highest BCUT2D eigenvalue weighted by molar-refractivity contribution is 6.29. The Hall–Kier alpha value is -2.78. The van der Waals surface area contributed by atoms with Gasteiger partial charge in [-0.15, -0.1) is 0 Å². The number of hydrogen-bond acceptors (Lipinski definition) is 3. The van der Waals surface area contributed by atoms with Crippen molar-refractivity contribution in [2.75, 3.05) is 0 Å². The highest BCUT2D eigenvalue weighted by atomic mass is 35.5. The molecule has 2 aromatic heterocycles. The predicted octanol–water partition coefficient (Wildman–Crippen LogP) is 5.01. The predicted molar refractivity (Wildman–Crippen MR) is 93.2 cm³/mol. The fraction of sp³-hybridized carbons (Fsp3) is 0. The van der Waals surface area contributed by atoms with Crippen LogP contribution in [-0.4, -0.2) is 15.0 Å². The highest BCUT2D eigenvalue weighted by Gasteiger charge is 2.13. The van der Waals surface area contributed by atoms with Crippen LogP contribution in [0.15, 0.2) is 72.9 Å². The Bertz CT molecular complexity index is 970. The maximum atomic E-state index is 6.18. The molecular formula is C19H12ClN3. The molecule has 4 heteroatoms. The van der Waals surface area contributed by atoms with E-state index in [9.17, 15) is 0 Å². The smallest absolute Gasteiger partial charge is 0.223 e. The number of pyridine rings is 1. The van der Waals surface area contributed by atoms with Crippen LogP contribution in [0.2, 0.25) is 5.28 Å². The van der Waals surface area contributed by atoms with Crippen LogP contribution >= 0.6 is 11.6 Å². The minimum absolute atomic E-state index is 0.224. The second-order valence-corrected chi connectivity index (χ2v) is 5.47. The molecule has 0 saturated carbocycles. The van der Waals surface area contributed by atoms with Crippen LogP contribution in [0.5, 0.6) is 0 Å². The van der Waals surface area contributed by atoms with E-state index in [1.807, 2.05) is 66.7 Å². The van der Waals surface area contributed by atoms with E-state index in [2.05, 4.69) is 15.0 Å². The van der Waals surface area contributed by atoms with Crippen molar-refractivity contribution in [2.24, 2.45) is 0 Å². The van der Waals surface area contributed by atoms with Crippen LogP contribution in [0.4, 0.5) is 0 Å². The van der Waals surface area contributed by atoms with E-state index in [1.165, 1.54) is 0 Å². The van der Waals surface area contributed by atoms with Gasteiger partial charge in [-0.1, -0.05) is 60.7 Å². The van der Waals surface area contributed by atoms with Crippen LogP contribution in [0, 0.1) is 0 Å². The molecule has 0 unspecified atom stereocenters. The van der Waals surface area contributed by atoms with Crippen molar-refractivity contribution in [2.45, 2.75) is 0 Å². The first kappa shape index (κ1) is 13.9. The average Bonchev–Trinajstić information content (AvgIpc) is 2.62. The minimum Gasteiger partial charge on any atom is -0.254 e. The molecule has 0 spiro atoms. The lowest BCUT2D eigenvalue weighted by molar-refractivity contribution is 1.21. The summed E-state index contributed by atoms with van der Waals surface area (Å²) in [6.07, 6.45) is 1.79. The second kappa shape index (κ2) is 5.78. The zero-order valence-electron chi connectivity index (χ0n) is 12.1. The summed E-state index contributed by atoms with van der Waals surface area (Å²) in [7, 11) is 0. The van der Waals surface area contributed by atoms with Gasteiger partial charge in [0.1, 0.15) is 5.52 Å². The minimum atomic E-state index is 0.224. The first-order valence-electron chi connectivity index (χ1n) is 7.26. The Labute approximate surface area is 138 Å². The first-order chi connectivity index (χ1) is 11.3. The van der Waals surface area contributed by atoms with E-state index in [-0.39, 0.29) is 5.28 Å². The summed E-state index contributed by atoms with van der Waals surface area (Å²) < 4.78 is 0. The molecule has 0 N–H and O–H groups in total. The number of aromatic nitrogens is 3. The topological polar surface area (TPSA) is 38.7 Å². The third kappa shape index (κ3) is 2.56. The monoisotopic (exact) mass is 317 g/mol. The Morgan fingerprint density at radius 2 is 1.26 bits per heavy atom. The molecule has 2 aromatic carbocycles. The van der Waals surface area contributed by atoms with Gasteiger partial charge in [-0.25, -0.2) is 9.97 Å². The maximum absolute atomic E-state index is 6.18. The molecule has 0 amide bonds. The lowest BCUT2D eigenvalue weighted by Gasteiger charge is -2.09. The lowest BCUT2D eigenvalue weighted by Crippen LogP contribution is -1.95. The quantitative estimate of drug-likeness (QED) is 0.488. The van der Waals surface area contributed by atoms with Gasteiger partial charge >= 0.3 is 0 Å². The molecule has 110 valence electrons. The van der Waals surface area contributed by atoms with Gasteiger partial charge in [0, 0.05) is 22.7 Å². The summed E-state index contributed by atoms with van der Waals surface area (Å²) >= 11 is 6.18. The van der Waals surface area contributed by atoms with Crippen LogP contribution in [-0.2, 0) is 0 Å². The summed E-state index contributed by atoms with van der Waals surface area (Å²) in [6.45, 7) is 0. The summed E-state index contributed by atoms with van der Waals surface area (Å²) in [5.74, 6) is 0. The first-order valence-corrected chi connectivity index (χ1v) is 7.64. The third-order valence-corrected chi connectivity index (χ3v) is 3.85. The van der Waals surface area contributed by atoms with Crippen molar-refractivity contribution < 1.29 is 0 Å². The van der Waals surface area contributed by atoms with Gasteiger partial charge in [-0.3, -0.25) is 4.98 Å². The number of nitrogens with zero attached hydrogens (tertiary/aromatic N) is 3. The summed E-state index contributed by atoms with van der Waals surface area (Å²) in [4.78, 5) is 13.4. The number of benzene rings is 2. The molecule has 0 atom stereocenters. The molecular weight excluding hydrogens is 306 g/mol. The van der Waals surface area contributed by atoms with E-state index < -0.39 is 0 Å². The van der Waals surface area contributed by atoms with Crippen molar-refractivity contribution in [1.29, 1.82) is 0 Å². The molecule has 23 heavy (non-hydrogen) atoms. The highest BCUT2D eigenvalue weighted by Crippen LogP contribution is 2.31. The van der Waals surface area contributed by atoms with Gasteiger partial charge in [0.15, 0.2) is 0 Å². The van der Waals surface area contributed by atoms with Gasteiger partial charge in [0.2, 0.25) is 5.28 Å². The molecule has 0 aliphatic heterocycles. The van der Waals surface area contributed by atoms with Crippen molar-refractivity contribution in [3.05, 3.63) is 78.2 Å². The average molecular weight is 318 g/mol. The molecule has 3 nitrogen and oxygen atoms in total. The van der Waals surface area contributed by atoms with E-state index in [0.29, 0.717) is 0 Å². The fourth-order valence-corrected chi connectivity index (χ4v) is 2.82. The Morgan fingerprint density at radius 1 is 0.652 bits per heavy atom. The molecule has 2 heterocycles. The largest absolute Gasteiger partial charge is 0.254 e. The molecule has 0 aliphatic carbocycles. The van der Waals surface area contributed by atoms with E-state index in [1.54, 1.807) is 6.20 Å². The molecule has 4 aromatic rings. The van der Waals surface area contributed by atoms with Crippen molar-refractivity contribution in [3.63, 3.8) is 0 Å². The third-order valence-electron chi connectivity index (χ3n) is 3.68. The molecule has 0 bridgehead atoms. The number of halogens is 1. The summed E-state index contributed by atoms with van der Waals surface area (Å²) in [5, 5.41) is 1.16. The maximum Gasteiger partial charge on any atom is 0.223 e. The van der Waals surface area contributed by atoms with E-state index >= 15 is 0 Å². The Balaban J connectivity index is 2.05. The molecule has 0 aliphatic rings. The summed E-state index contributed by atoms with van der Waals surface area (Å²) in [5.41, 5.74) is 4.40. The van der Waals surface area contributed by atoms with Gasteiger partial charge in [0.25, 0.3) is 0 Å². The number of rotatable bonds is 2. The molecule has 0 fully saturated rings. The molecule has 0 saturated heterocycles. The Kier molecular flexibility index (Phi) is 3.48. The van der Waals surface area contributed by atoms with Crippen molar-refractivity contribution in [1.82, 2.24) is 15.0 Å². The molecule has 0 radical (unpaired) electrons. The normalized spacial score (nSPS) is 10.8. The van der Waals surface area contributed by atoms with Crippen molar-refractivity contribution >= 4 is 22.5 Å². The lowest BCUT2D eigenvalue weighted by atomic mass is 10.0. The van der Waals surface area contributed by atoms with Crippen LogP contribution in [0.25, 0.3) is 33.4 Å². The zero-order chi connectivity index (χ0) is 15.6. The van der Waals surface area contributed by atoms with Gasteiger partial charge < -0.3 is 0 Å². The van der Waals surface area contributed by atoms with Gasteiger partial charge in [-0.2, -0.15) is 0 Å². The molecule has 4 rings (SSSR count). The Morgan fingerprint density at radius 3 is 1.91 bits per heavy atom. The van der Waals surface area contributed by atoms with Crippen LogP contribution < -0.4 is 0 Å². The number of hydrogen-bond donors (Lipinski definition) is 0. The second-order valence-electron chi connectivity index (χ2n) is 5.13. The zero-order valence-corrected chi connectivity index (χ0v) is 12.9. The van der Waals surface area contributed by atoms with Crippen LogP contribution in [0.1, 0.15) is 0 Å². The summed E-state index contributed by atoms with van der Waals surface area (Å²) in [6, 6.07) is 21.9. The SMILES string of the molecule is Clc1nc(-c2ccccc2)c2ccnc(-c3ccccc3)c2n1. The van der Waals surface area contributed by atoms with Crippen molar-refractivity contribution in [3.8, 4) is 22.5 Å². The van der Waals surface area contributed by atoms with Gasteiger partial charge in [-0.05, 0) is 17.7 Å². The number of fused-ring (bicyclic) bond motifs is 1. The van der Waals surface area contributed by atoms with E-state index in [0.717, 1.165) is 33.4 Å². The standard InChI is InChI=1S/C19H12ClN3/c20-19-22-16(13-7-3-1-4-8-13)15-11-12-21-17(18(15)23-19)14-9-5-2-6-10-14/h1-12H.